The van der Waals surface area contributed by atoms with E-state index >= 15 is 0 Å². The van der Waals surface area contributed by atoms with Gasteiger partial charge in [0.15, 0.2) is 0 Å². The van der Waals surface area contributed by atoms with Gasteiger partial charge in [0.25, 0.3) is 0 Å². The van der Waals surface area contributed by atoms with Gasteiger partial charge < -0.3 is 0 Å². The van der Waals surface area contributed by atoms with Crippen LogP contribution in [0.2, 0.25) is 0 Å². The van der Waals surface area contributed by atoms with Crippen LogP contribution < -0.4 is 0 Å². The first-order chi connectivity index (χ1) is 8.46. The molecule has 2 unspecified atom stereocenters. The first-order valence-electron chi connectivity index (χ1n) is 7.00. The third kappa shape index (κ3) is 3.85. The Morgan fingerprint density at radius 2 is 1.83 bits per heavy atom. The van der Waals surface area contributed by atoms with Crippen LogP contribution in [0.4, 0.5) is 13.2 Å². The summed E-state index contributed by atoms with van der Waals surface area (Å²) in [5, 5.41) is 0. The highest BCUT2D eigenvalue weighted by Crippen LogP contribution is 2.27. The number of piperidine rings is 1. The first-order valence-corrected chi connectivity index (χ1v) is 7.00. The Labute approximate surface area is 107 Å². The smallest absolute Gasteiger partial charge is 0.299 e. The van der Waals surface area contributed by atoms with Crippen LogP contribution in [-0.4, -0.2) is 54.2 Å². The average molecular weight is 264 g/mol. The zero-order valence-electron chi connectivity index (χ0n) is 11.0. The van der Waals surface area contributed by atoms with Crippen molar-refractivity contribution in [2.75, 3.05) is 26.2 Å². The van der Waals surface area contributed by atoms with Crippen molar-refractivity contribution in [2.45, 2.75) is 57.3 Å². The Kier molecular flexibility index (Phi) is 4.54. The van der Waals surface area contributed by atoms with Gasteiger partial charge in [0.1, 0.15) is 0 Å². The fourth-order valence-electron chi connectivity index (χ4n) is 3.26. The van der Waals surface area contributed by atoms with E-state index in [-0.39, 0.29) is 6.04 Å². The minimum absolute atomic E-state index is 0.383. The van der Waals surface area contributed by atoms with E-state index in [2.05, 4.69) is 4.90 Å². The molecule has 18 heavy (non-hydrogen) atoms. The molecule has 2 atom stereocenters. The molecule has 0 bridgehead atoms. The van der Waals surface area contributed by atoms with Gasteiger partial charge in [0.2, 0.25) is 0 Å². The van der Waals surface area contributed by atoms with Crippen LogP contribution >= 0.6 is 0 Å². The van der Waals surface area contributed by atoms with Crippen LogP contribution in [0.25, 0.3) is 0 Å². The van der Waals surface area contributed by atoms with E-state index in [0.717, 1.165) is 39.0 Å². The Bertz CT molecular complexity index is 267. The molecular weight excluding hydrogens is 241 g/mol. The summed E-state index contributed by atoms with van der Waals surface area (Å²) in [7, 11) is 0. The molecule has 0 aromatic heterocycles. The summed E-state index contributed by atoms with van der Waals surface area (Å²) in [5.74, 6) is 0. The largest absolute Gasteiger partial charge is 0.390 e. The summed E-state index contributed by atoms with van der Waals surface area (Å²) in [6, 6.07) is 0.101. The van der Waals surface area contributed by atoms with Gasteiger partial charge in [-0.05, 0) is 45.8 Å². The Balaban J connectivity index is 1.92. The summed E-state index contributed by atoms with van der Waals surface area (Å²) in [6.45, 7) is 5.53. The second kappa shape index (κ2) is 5.78. The lowest BCUT2D eigenvalue weighted by atomic mass is 10.0. The molecule has 2 nitrogen and oxygen atoms in total. The molecule has 0 saturated carbocycles. The summed E-state index contributed by atoms with van der Waals surface area (Å²) < 4.78 is 37.4. The predicted octanol–water partition coefficient (Wildman–Crippen LogP) is 2.89. The molecule has 0 radical (unpaired) electrons. The molecule has 0 amide bonds. The van der Waals surface area contributed by atoms with Crippen molar-refractivity contribution in [3.8, 4) is 0 Å². The molecule has 106 valence electrons. The third-order valence-electron chi connectivity index (χ3n) is 4.24. The van der Waals surface area contributed by atoms with Crippen molar-refractivity contribution < 1.29 is 13.2 Å². The van der Waals surface area contributed by atoms with Gasteiger partial charge in [0, 0.05) is 18.6 Å². The quantitative estimate of drug-likeness (QED) is 0.756. The number of nitrogens with zero attached hydrogens (tertiary/aromatic N) is 2. The summed E-state index contributed by atoms with van der Waals surface area (Å²) in [6.07, 6.45) is -0.108. The zero-order valence-corrected chi connectivity index (χ0v) is 11.0. The maximum Gasteiger partial charge on any atom is 0.390 e. The van der Waals surface area contributed by atoms with Crippen molar-refractivity contribution in [1.29, 1.82) is 0 Å². The van der Waals surface area contributed by atoms with E-state index in [0.29, 0.717) is 6.04 Å². The molecule has 2 heterocycles. The molecule has 0 spiro atoms. The van der Waals surface area contributed by atoms with E-state index in [4.69, 9.17) is 0 Å². The lowest BCUT2D eigenvalue weighted by Gasteiger charge is -2.37. The van der Waals surface area contributed by atoms with Crippen LogP contribution in [-0.2, 0) is 0 Å². The van der Waals surface area contributed by atoms with Gasteiger partial charge in [0.05, 0.1) is 6.42 Å². The maximum absolute atomic E-state index is 12.5. The summed E-state index contributed by atoms with van der Waals surface area (Å²) in [4.78, 5) is 4.52. The van der Waals surface area contributed by atoms with Crippen LogP contribution in [0, 0.1) is 0 Å². The minimum atomic E-state index is -4.04. The topological polar surface area (TPSA) is 6.48 Å². The fourth-order valence-corrected chi connectivity index (χ4v) is 3.26. The number of alkyl halides is 3. The normalized spacial score (nSPS) is 29.7. The van der Waals surface area contributed by atoms with Gasteiger partial charge in [-0.1, -0.05) is 6.42 Å². The van der Waals surface area contributed by atoms with E-state index in [1.165, 1.54) is 12.8 Å². The van der Waals surface area contributed by atoms with Gasteiger partial charge in [-0.3, -0.25) is 9.80 Å². The van der Waals surface area contributed by atoms with Crippen molar-refractivity contribution in [2.24, 2.45) is 0 Å². The van der Waals surface area contributed by atoms with Gasteiger partial charge in [-0.15, -0.1) is 0 Å². The lowest BCUT2D eigenvalue weighted by molar-refractivity contribution is -0.146. The van der Waals surface area contributed by atoms with Crippen LogP contribution in [0.15, 0.2) is 0 Å². The molecule has 2 saturated heterocycles. The summed E-state index contributed by atoms with van der Waals surface area (Å²) in [5.41, 5.74) is 0. The van der Waals surface area contributed by atoms with Gasteiger partial charge in [-0.2, -0.15) is 13.2 Å². The molecule has 0 N–H and O–H groups in total. The highest BCUT2D eigenvalue weighted by molar-refractivity contribution is 4.85. The molecule has 0 aromatic carbocycles. The lowest BCUT2D eigenvalue weighted by Crippen LogP contribution is -2.46. The van der Waals surface area contributed by atoms with Crippen LogP contribution in [0.1, 0.15) is 39.0 Å². The van der Waals surface area contributed by atoms with Gasteiger partial charge >= 0.3 is 6.18 Å². The molecule has 2 aliphatic rings. The number of halogens is 3. The standard InChI is InChI=1S/C13H23F3N2/c1-11(9-13(14,15)16)18-8-4-7-17-6-3-2-5-12(17)10-18/h11-12H,2-10H2,1H3. The zero-order chi connectivity index (χ0) is 13.2. The SMILES string of the molecule is CC(CC(F)(F)F)N1CCCN2CCCCC2C1. The number of fused-ring (bicyclic) bond motifs is 1. The van der Waals surface area contributed by atoms with Gasteiger partial charge in [-0.25, -0.2) is 0 Å². The van der Waals surface area contributed by atoms with E-state index in [1.807, 2.05) is 4.90 Å². The highest BCUT2D eigenvalue weighted by Gasteiger charge is 2.35. The minimum Gasteiger partial charge on any atom is -0.299 e. The Morgan fingerprint density at radius 3 is 2.56 bits per heavy atom. The Morgan fingerprint density at radius 1 is 1.11 bits per heavy atom. The van der Waals surface area contributed by atoms with E-state index in [1.54, 1.807) is 6.92 Å². The number of hydrogen-bond donors (Lipinski definition) is 0. The summed E-state index contributed by atoms with van der Waals surface area (Å²) >= 11 is 0. The maximum atomic E-state index is 12.5. The second-order valence-corrected chi connectivity index (χ2v) is 5.70. The Hall–Kier alpha value is -0.290. The molecular formula is C13H23F3N2. The molecule has 0 aromatic rings. The second-order valence-electron chi connectivity index (χ2n) is 5.70. The van der Waals surface area contributed by atoms with E-state index in [9.17, 15) is 13.2 Å². The molecule has 2 aliphatic heterocycles. The van der Waals surface area contributed by atoms with Crippen molar-refractivity contribution in [1.82, 2.24) is 9.80 Å². The fraction of sp³-hybridized carbons (Fsp3) is 1.00. The number of hydrogen-bond acceptors (Lipinski definition) is 2. The first kappa shape index (κ1) is 14.1. The monoisotopic (exact) mass is 264 g/mol. The average Bonchev–Trinajstić information content (AvgIpc) is 2.48. The molecule has 0 aliphatic carbocycles. The third-order valence-corrected chi connectivity index (χ3v) is 4.24. The van der Waals surface area contributed by atoms with Crippen molar-refractivity contribution in [3.05, 3.63) is 0 Å². The van der Waals surface area contributed by atoms with E-state index < -0.39 is 12.6 Å². The number of rotatable bonds is 2. The molecule has 5 heteroatoms. The van der Waals surface area contributed by atoms with Crippen LogP contribution in [0.5, 0.6) is 0 Å². The van der Waals surface area contributed by atoms with Crippen LogP contribution in [0.3, 0.4) is 0 Å². The molecule has 2 fully saturated rings. The van der Waals surface area contributed by atoms with Crippen molar-refractivity contribution >= 4 is 0 Å². The van der Waals surface area contributed by atoms with Crippen molar-refractivity contribution in [3.63, 3.8) is 0 Å². The predicted molar refractivity (Wildman–Crippen MR) is 65.5 cm³/mol. The highest BCUT2D eigenvalue weighted by atomic mass is 19.4. The molecule has 2 rings (SSSR count).